The van der Waals surface area contributed by atoms with E-state index in [0.717, 1.165) is 6.21 Å². The molecule has 0 aliphatic rings. The molecule has 0 bridgehead atoms. The van der Waals surface area contributed by atoms with Gasteiger partial charge < -0.3 is 10.5 Å². The van der Waals surface area contributed by atoms with Gasteiger partial charge in [0.05, 0.1) is 5.57 Å². The fraction of sp³-hybridized carbons (Fsp3) is 0. The zero-order valence-corrected chi connectivity index (χ0v) is 6.90. The highest BCUT2D eigenvalue weighted by Crippen LogP contribution is 2.12. The number of carbonyl (C=O) groups excluding carboxylic acids is 1. The van der Waals surface area contributed by atoms with Gasteiger partial charge in [-0.3, -0.25) is 4.79 Å². The average Bonchev–Trinajstić information content (AvgIpc) is 2.21. The summed E-state index contributed by atoms with van der Waals surface area (Å²) in [5.41, 5.74) is 0.513. The normalized spacial score (nSPS) is 11.7. The molecule has 0 saturated carbocycles. The molecule has 3 nitrogen and oxygen atoms in total. The van der Waals surface area contributed by atoms with Crippen molar-refractivity contribution in [1.82, 2.24) is 0 Å². The van der Waals surface area contributed by atoms with Crippen LogP contribution in [-0.4, -0.2) is 17.6 Å². The lowest BCUT2D eigenvalue weighted by molar-refractivity contribution is -0.104. The van der Waals surface area contributed by atoms with Gasteiger partial charge in [-0.25, -0.2) is 0 Å². The first-order valence-electron chi connectivity index (χ1n) is 3.74. The minimum atomic E-state index is -0.161. The predicted octanol–water partition coefficient (Wildman–Crippen LogP) is 1.80. The number of aliphatic hydroxyl groups is 1. The second-order valence-corrected chi connectivity index (χ2v) is 2.43. The molecular weight excluding hydrogens is 166 g/mol. The Morgan fingerprint density at radius 3 is 2.38 bits per heavy atom. The Morgan fingerprint density at radius 2 is 1.92 bits per heavy atom. The first-order chi connectivity index (χ1) is 6.29. The zero-order chi connectivity index (χ0) is 9.68. The molecule has 0 fully saturated rings. The van der Waals surface area contributed by atoms with Crippen LogP contribution in [0, 0.1) is 5.41 Å². The summed E-state index contributed by atoms with van der Waals surface area (Å²) in [5, 5.41) is 16.3. The van der Waals surface area contributed by atoms with Crippen LogP contribution >= 0.6 is 0 Å². The van der Waals surface area contributed by atoms with Crippen molar-refractivity contribution in [2.75, 3.05) is 0 Å². The van der Waals surface area contributed by atoms with Crippen molar-refractivity contribution in [2.24, 2.45) is 0 Å². The van der Waals surface area contributed by atoms with E-state index < -0.39 is 0 Å². The lowest BCUT2D eigenvalue weighted by Gasteiger charge is -2.00. The third-order valence-electron chi connectivity index (χ3n) is 1.60. The van der Waals surface area contributed by atoms with Gasteiger partial charge in [-0.15, -0.1) is 0 Å². The number of hydrogen-bond donors (Lipinski definition) is 2. The quantitative estimate of drug-likeness (QED) is 0.318. The molecule has 13 heavy (non-hydrogen) atoms. The molecule has 0 amide bonds. The Morgan fingerprint density at radius 1 is 1.31 bits per heavy atom. The molecule has 0 aliphatic heterocycles. The fourth-order valence-electron chi connectivity index (χ4n) is 0.921. The van der Waals surface area contributed by atoms with Gasteiger partial charge in [-0.2, -0.15) is 0 Å². The van der Waals surface area contributed by atoms with E-state index in [1.165, 1.54) is 0 Å². The summed E-state index contributed by atoms with van der Waals surface area (Å²) in [6, 6.07) is 8.64. The van der Waals surface area contributed by atoms with E-state index in [-0.39, 0.29) is 11.3 Å². The molecular formula is C10H9NO2. The first-order valence-corrected chi connectivity index (χ1v) is 3.74. The summed E-state index contributed by atoms with van der Waals surface area (Å²) in [4.78, 5) is 10.4. The monoisotopic (exact) mass is 175 g/mol. The van der Waals surface area contributed by atoms with E-state index >= 15 is 0 Å². The van der Waals surface area contributed by atoms with Gasteiger partial charge in [-0.05, 0) is 0 Å². The lowest BCUT2D eigenvalue weighted by Crippen LogP contribution is -1.93. The number of hydrogen-bond acceptors (Lipinski definition) is 3. The van der Waals surface area contributed by atoms with Crippen molar-refractivity contribution < 1.29 is 9.90 Å². The Labute approximate surface area is 75.8 Å². The van der Waals surface area contributed by atoms with Gasteiger partial charge in [0.1, 0.15) is 5.76 Å². The van der Waals surface area contributed by atoms with Gasteiger partial charge in [0.2, 0.25) is 0 Å². The van der Waals surface area contributed by atoms with Crippen LogP contribution in [-0.2, 0) is 4.79 Å². The summed E-state index contributed by atoms with van der Waals surface area (Å²) in [6.07, 6.45) is 1.28. The topological polar surface area (TPSA) is 61.2 Å². The molecule has 0 heterocycles. The van der Waals surface area contributed by atoms with Gasteiger partial charge in [0.25, 0.3) is 0 Å². The van der Waals surface area contributed by atoms with Crippen LogP contribution < -0.4 is 0 Å². The predicted molar refractivity (Wildman–Crippen MR) is 50.8 cm³/mol. The maximum atomic E-state index is 10.4. The highest BCUT2D eigenvalue weighted by Gasteiger charge is 2.03. The van der Waals surface area contributed by atoms with Crippen molar-refractivity contribution >= 4 is 18.3 Å². The molecule has 0 atom stereocenters. The molecule has 0 aliphatic carbocycles. The Balaban J connectivity index is 3.15. The molecule has 0 saturated heterocycles. The number of carbonyl (C=O) groups is 1. The minimum absolute atomic E-state index is 0.0220. The maximum Gasteiger partial charge on any atom is 0.155 e. The molecule has 1 aromatic rings. The third kappa shape index (κ3) is 2.02. The van der Waals surface area contributed by atoms with Crippen LogP contribution in [0.4, 0.5) is 0 Å². The summed E-state index contributed by atoms with van der Waals surface area (Å²) in [5.74, 6) is -0.161. The van der Waals surface area contributed by atoms with Crippen LogP contribution in [0.25, 0.3) is 5.76 Å². The standard InChI is InChI=1S/C10H9NO2/c11-6-9(7-12)10(13)8-4-2-1-3-5-8/h1-7,11,13H/b10-9+,11-6?. The van der Waals surface area contributed by atoms with Crippen molar-refractivity contribution in [3.8, 4) is 0 Å². The number of benzene rings is 1. The van der Waals surface area contributed by atoms with Crippen molar-refractivity contribution in [2.45, 2.75) is 0 Å². The molecule has 0 aromatic heterocycles. The van der Waals surface area contributed by atoms with E-state index in [0.29, 0.717) is 11.8 Å². The minimum Gasteiger partial charge on any atom is -0.507 e. The Bertz CT molecular complexity index is 331. The van der Waals surface area contributed by atoms with Crippen LogP contribution in [0.1, 0.15) is 5.56 Å². The SMILES string of the molecule is N=C/C(C=O)=C(\O)c1ccccc1. The summed E-state index contributed by atoms with van der Waals surface area (Å²) in [6.45, 7) is 0. The molecule has 3 heteroatoms. The van der Waals surface area contributed by atoms with Gasteiger partial charge in [0.15, 0.2) is 6.29 Å². The molecule has 1 rings (SSSR count). The number of allylic oxidation sites excluding steroid dienone is 1. The van der Waals surface area contributed by atoms with Crippen molar-refractivity contribution in [3.63, 3.8) is 0 Å². The summed E-state index contributed by atoms with van der Waals surface area (Å²) >= 11 is 0. The highest BCUT2D eigenvalue weighted by molar-refractivity contribution is 6.07. The molecule has 0 radical (unpaired) electrons. The van der Waals surface area contributed by atoms with Gasteiger partial charge in [-0.1, -0.05) is 30.3 Å². The largest absolute Gasteiger partial charge is 0.507 e. The smallest absolute Gasteiger partial charge is 0.155 e. The van der Waals surface area contributed by atoms with E-state index in [4.69, 9.17) is 5.41 Å². The number of aliphatic hydroxyl groups excluding tert-OH is 1. The second-order valence-electron chi connectivity index (χ2n) is 2.43. The molecule has 0 unspecified atom stereocenters. The Kier molecular flexibility index (Phi) is 2.97. The number of nitrogens with one attached hydrogen (secondary N) is 1. The van der Waals surface area contributed by atoms with Crippen LogP contribution in [0.15, 0.2) is 35.9 Å². The molecule has 0 spiro atoms. The van der Waals surface area contributed by atoms with Gasteiger partial charge in [0, 0.05) is 11.8 Å². The first kappa shape index (κ1) is 9.19. The van der Waals surface area contributed by atoms with Crippen molar-refractivity contribution in [1.29, 1.82) is 5.41 Å². The molecule has 1 aromatic carbocycles. The Hall–Kier alpha value is -1.90. The number of rotatable bonds is 3. The highest BCUT2D eigenvalue weighted by atomic mass is 16.3. The van der Waals surface area contributed by atoms with Crippen LogP contribution in [0.3, 0.4) is 0 Å². The van der Waals surface area contributed by atoms with Crippen LogP contribution in [0.2, 0.25) is 0 Å². The van der Waals surface area contributed by atoms with Gasteiger partial charge >= 0.3 is 0 Å². The maximum absolute atomic E-state index is 10.4. The molecule has 2 N–H and O–H groups in total. The summed E-state index contributed by atoms with van der Waals surface area (Å²) in [7, 11) is 0. The zero-order valence-electron chi connectivity index (χ0n) is 6.90. The second kappa shape index (κ2) is 4.21. The number of aldehydes is 1. The average molecular weight is 175 g/mol. The fourth-order valence-corrected chi connectivity index (χ4v) is 0.921. The van der Waals surface area contributed by atoms with E-state index in [2.05, 4.69) is 0 Å². The summed E-state index contributed by atoms with van der Waals surface area (Å²) < 4.78 is 0. The van der Waals surface area contributed by atoms with E-state index in [9.17, 15) is 9.90 Å². The lowest BCUT2D eigenvalue weighted by atomic mass is 10.1. The molecule has 66 valence electrons. The van der Waals surface area contributed by atoms with E-state index in [1.807, 2.05) is 6.07 Å². The third-order valence-corrected chi connectivity index (χ3v) is 1.60. The van der Waals surface area contributed by atoms with Crippen LogP contribution in [0.5, 0.6) is 0 Å². The van der Waals surface area contributed by atoms with E-state index in [1.54, 1.807) is 24.3 Å². The van der Waals surface area contributed by atoms with Crippen molar-refractivity contribution in [3.05, 3.63) is 41.5 Å².